The van der Waals surface area contributed by atoms with E-state index in [1.54, 1.807) is 13.3 Å². The Balaban J connectivity index is 1.74. The van der Waals surface area contributed by atoms with E-state index in [4.69, 9.17) is 9.72 Å². The van der Waals surface area contributed by atoms with Gasteiger partial charge in [-0.2, -0.15) is 0 Å². The van der Waals surface area contributed by atoms with Gasteiger partial charge in [-0.15, -0.1) is 0 Å². The number of nitrogens with zero attached hydrogens (tertiary/aromatic N) is 5. The summed E-state index contributed by atoms with van der Waals surface area (Å²) in [5, 5.41) is 3.35. The summed E-state index contributed by atoms with van der Waals surface area (Å²) in [7, 11) is 1.59. The average molecular weight is 358 g/mol. The highest BCUT2D eigenvalue weighted by Gasteiger charge is 2.24. The number of aromatic nitrogens is 5. The lowest BCUT2D eigenvalue weighted by atomic mass is 10.1. The smallest absolute Gasteiger partial charge is 0.232 e. The Morgan fingerprint density at radius 2 is 2.00 bits per heavy atom. The third-order valence-corrected chi connectivity index (χ3v) is 4.72. The van der Waals surface area contributed by atoms with Crippen LogP contribution in [0.2, 0.25) is 0 Å². The van der Waals surface area contributed by atoms with Crippen LogP contribution in [0.25, 0.3) is 33.7 Å². The molecule has 0 fully saturated rings. The number of fused-ring (bicyclic) bond motifs is 2. The van der Waals surface area contributed by atoms with Gasteiger partial charge >= 0.3 is 0 Å². The first-order valence-electron chi connectivity index (χ1n) is 8.82. The average Bonchev–Trinajstić information content (AvgIpc) is 3.28. The van der Waals surface area contributed by atoms with E-state index in [1.807, 2.05) is 37.3 Å². The van der Waals surface area contributed by atoms with Crippen LogP contribution in [0.5, 0.6) is 5.88 Å². The SMILES string of the molecule is COc1cnc2ccc(-c3c(-c4cccc(C)n4)nc4n3CCN4)cc2n1. The Bertz CT molecular complexity index is 1170. The van der Waals surface area contributed by atoms with Crippen molar-refractivity contribution in [2.75, 3.05) is 19.0 Å². The summed E-state index contributed by atoms with van der Waals surface area (Å²) in [6.07, 6.45) is 1.63. The van der Waals surface area contributed by atoms with Crippen LogP contribution in [0.4, 0.5) is 5.95 Å². The van der Waals surface area contributed by atoms with E-state index in [-0.39, 0.29) is 0 Å². The summed E-state index contributed by atoms with van der Waals surface area (Å²) >= 11 is 0. The predicted octanol–water partition coefficient (Wildman–Crippen LogP) is 3.30. The highest BCUT2D eigenvalue weighted by Crippen LogP contribution is 2.36. The molecule has 27 heavy (non-hydrogen) atoms. The highest BCUT2D eigenvalue weighted by molar-refractivity contribution is 5.86. The summed E-state index contributed by atoms with van der Waals surface area (Å²) in [6.45, 7) is 3.73. The Kier molecular flexibility index (Phi) is 3.53. The molecular weight excluding hydrogens is 340 g/mol. The van der Waals surface area contributed by atoms with Crippen LogP contribution < -0.4 is 10.1 Å². The molecule has 0 saturated heterocycles. The van der Waals surface area contributed by atoms with Crippen molar-refractivity contribution < 1.29 is 4.74 Å². The molecule has 3 aromatic heterocycles. The maximum absolute atomic E-state index is 5.22. The van der Waals surface area contributed by atoms with Gasteiger partial charge in [0.1, 0.15) is 5.69 Å². The third kappa shape index (κ3) is 2.59. The number of imidazole rings is 1. The number of hydrogen-bond donors (Lipinski definition) is 1. The van der Waals surface area contributed by atoms with E-state index in [2.05, 4.69) is 30.9 Å². The molecule has 0 spiro atoms. The standard InChI is InChI=1S/C20H18N6O/c1-12-4-3-5-15(23-12)18-19(26-9-8-21-20(26)25-18)13-6-7-14-16(10-13)24-17(27-2)11-22-14/h3-7,10-11H,8-9H2,1-2H3,(H,21,25). The second kappa shape index (κ2) is 6.05. The number of pyridine rings is 1. The van der Waals surface area contributed by atoms with Crippen molar-refractivity contribution in [3.05, 3.63) is 48.3 Å². The predicted molar refractivity (Wildman–Crippen MR) is 104 cm³/mol. The molecule has 7 heteroatoms. The van der Waals surface area contributed by atoms with Gasteiger partial charge in [0.05, 0.1) is 35.7 Å². The van der Waals surface area contributed by atoms with Crippen molar-refractivity contribution in [3.8, 4) is 28.5 Å². The number of nitrogens with one attached hydrogen (secondary N) is 1. The van der Waals surface area contributed by atoms with Gasteiger partial charge in [-0.3, -0.25) is 4.98 Å². The van der Waals surface area contributed by atoms with Gasteiger partial charge in [0.2, 0.25) is 11.8 Å². The van der Waals surface area contributed by atoms with E-state index in [9.17, 15) is 0 Å². The van der Waals surface area contributed by atoms with E-state index in [0.717, 1.165) is 58.4 Å². The summed E-state index contributed by atoms with van der Waals surface area (Å²) in [5.41, 5.74) is 6.39. The van der Waals surface area contributed by atoms with Crippen LogP contribution >= 0.6 is 0 Å². The normalized spacial score (nSPS) is 12.8. The number of anilines is 1. The fourth-order valence-electron chi connectivity index (χ4n) is 3.47. The minimum Gasteiger partial charge on any atom is -0.480 e. The molecular formula is C20H18N6O. The summed E-state index contributed by atoms with van der Waals surface area (Å²) in [4.78, 5) is 18.4. The van der Waals surface area contributed by atoms with Gasteiger partial charge in [0.15, 0.2) is 0 Å². The van der Waals surface area contributed by atoms with E-state index < -0.39 is 0 Å². The van der Waals surface area contributed by atoms with Gasteiger partial charge in [-0.1, -0.05) is 12.1 Å². The molecule has 0 bridgehead atoms. The first kappa shape index (κ1) is 15.7. The Morgan fingerprint density at radius 3 is 2.85 bits per heavy atom. The van der Waals surface area contributed by atoms with E-state index >= 15 is 0 Å². The lowest BCUT2D eigenvalue weighted by molar-refractivity contribution is 0.397. The molecule has 4 aromatic rings. The lowest BCUT2D eigenvalue weighted by Gasteiger charge is -2.09. The largest absolute Gasteiger partial charge is 0.480 e. The zero-order chi connectivity index (χ0) is 18.4. The van der Waals surface area contributed by atoms with Gasteiger partial charge in [0.25, 0.3) is 0 Å². The topological polar surface area (TPSA) is 77.8 Å². The number of ether oxygens (including phenoxy) is 1. The highest BCUT2D eigenvalue weighted by atomic mass is 16.5. The van der Waals surface area contributed by atoms with Crippen molar-refractivity contribution in [1.29, 1.82) is 0 Å². The van der Waals surface area contributed by atoms with Crippen LogP contribution in [0.3, 0.4) is 0 Å². The maximum atomic E-state index is 5.22. The minimum absolute atomic E-state index is 0.500. The Labute approximate surface area is 156 Å². The molecule has 4 heterocycles. The second-order valence-corrected chi connectivity index (χ2v) is 6.49. The maximum Gasteiger partial charge on any atom is 0.232 e. The van der Waals surface area contributed by atoms with Crippen LogP contribution in [-0.2, 0) is 6.54 Å². The monoisotopic (exact) mass is 358 g/mol. The lowest BCUT2D eigenvalue weighted by Crippen LogP contribution is -2.00. The Morgan fingerprint density at radius 1 is 1.07 bits per heavy atom. The van der Waals surface area contributed by atoms with Crippen LogP contribution in [0.1, 0.15) is 5.69 Å². The van der Waals surface area contributed by atoms with E-state index in [1.165, 1.54) is 0 Å². The van der Waals surface area contributed by atoms with Crippen molar-refractivity contribution in [3.63, 3.8) is 0 Å². The summed E-state index contributed by atoms with van der Waals surface area (Å²) in [5.74, 6) is 1.38. The fraction of sp³-hybridized carbons (Fsp3) is 0.200. The number of methoxy groups -OCH3 is 1. The van der Waals surface area contributed by atoms with Crippen molar-refractivity contribution in [2.45, 2.75) is 13.5 Å². The second-order valence-electron chi connectivity index (χ2n) is 6.49. The van der Waals surface area contributed by atoms with Crippen LogP contribution in [0, 0.1) is 6.92 Å². The summed E-state index contributed by atoms with van der Waals surface area (Å²) < 4.78 is 7.42. The number of hydrogen-bond acceptors (Lipinski definition) is 6. The Hall–Kier alpha value is -3.48. The molecule has 7 nitrogen and oxygen atoms in total. The number of benzene rings is 1. The van der Waals surface area contributed by atoms with Gasteiger partial charge in [-0.25, -0.2) is 15.0 Å². The zero-order valence-corrected chi connectivity index (χ0v) is 15.1. The van der Waals surface area contributed by atoms with E-state index in [0.29, 0.717) is 5.88 Å². The quantitative estimate of drug-likeness (QED) is 0.605. The van der Waals surface area contributed by atoms with Gasteiger partial charge in [0, 0.05) is 24.3 Å². The van der Waals surface area contributed by atoms with Crippen LogP contribution in [-0.4, -0.2) is 38.2 Å². The molecule has 1 aromatic carbocycles. The molecule has 0 saturated carbocycles. The summed E-state index contributed by atoms with van der Waals surface area (Å²) in [6, 6.07) is 12.1. The van der Waals surface area contributed by atoms with Gasteiger partial charge in [-0.05, 0) is 31.2 Å². The molecule has 0 radical (unpaired) electrons. The molecule has 0 amide bonds. The van der Waals surface area contributed by atoms with Crippen molar-refractivity contribution >= 4 is 17.0 Å². The molecule has 1 aliphatic heterocycles. The third-order valence-electron chi connectivity index (χ3n) is 4.72. The van der Waals surface area contributed by atoms with Gasteiger partial charge < -0.3 is 14.6 Å². The molecule has 0 aliphatic carbocycles. The molecule has 1 aliphatic rings. The van der Waals surface area contributed by atoms with Crippen LogP contribution in [0.15, 0.2) is 42.6 Å². The van der Waals surface area contributed by atoms with Crippen molar-refractivity contribution in [1.82, 2.24) is 24.5 Å². The first-order valence-corrected chi connectivity index (χ1v) is 8.82. The number of rotatable bonds is 3. The van der Waals surface area contributed by atoms with Crippen molar-refractivity contribution in [2.24, 2.45) is 0 Å². The first-order chi connectivity index (χ1) is 13.2. The fourth-order valence-corrected chi connectivity index (χ4v) is 3.47. The molecule has 0 unspecified atom stereocenters. The molecule has 134 valence electrons. The number of aryl methyl sites for hydroxylation is 1. The minimum atomic E-state index is 0.500. The zero-order valence-electron chi connectivity index (χ0n) is 15.1. The molecule has 1 N–H and O–H groups in total. The molecule has 0 atom stereocenters. The molecule has 5 rings (SSSR count).